The number of nitrogens with zero attached hydrogens (tertiary/aromatic N) is 4. The first-order valence-electron chi connectivity index (χ1n) is 31.0. The van der Waals surface area contributed by atoms with Crippen molar-refractivity contribution in [1.29, 1.82) is 0 Å². The first kappa shape index (κ1) is 72.9. The molecule has 20 N–H and O–H groups in total. The summed E-state index contributed by atoms with van der Waals surface area (Å²) >= 11 is 0. The molecule has 4 aliphatic heterocycles. The van der Waals surface area contributed by atoms with Gasteiger partial charge in [0.1, 0.15) is 71.9 Å². The van der Waals surface area contributed by atoms with Crippen LogP contribution in [-0.2, 0) is 65.6 Å². The number of aliphatic hydroxyl groups excluding tert-OH is 5. The van der Waals surface area contributed by atoms with Crippen molar-refractivity contribution in [3.05, 3.63) is 59.7 Å². The fourth-order valence-corrected chi connectivity index (χ4v) is 11.8. The lowest BCUT2D eigenvalue weighted by atomic mass is 10.0. The molecule has 0 saturated carbocycles. The zero-order valence-corrected chi connectivity index (χ0v) is 51.5. The Hall–Kier alpha value is -8.11. The SMILES string of the molecule is C[C@H](N)C(=O)N[C@@H](CCCCN)C(=O)N1CCC[C@H]1C(=O)N[C@@H](CO)C(=O)N[C@@H](Cc1ccc(O)cc1)C(=O)N1C[C@H](O)C[C@H]1C(=O)N1C[C@H](O)C[C@H]1C(=O)N1C[C@H](O)C[C@H]1C(=O)N[C@H](C(=O)N[C@@H](Cc1ccc(O)cc1)C(=O)N[C@@H](CCCCN)C(=O)O)[C@@H](C)O. The number of aliphatic hydroxyl groups is 5. The monoisotopic (exact) mass is 1300 g/mol. The number of carboxylic acids is 1. The van der Waals surface area contributed by atoms with Crippen LogP contribution in [0.15, 0.2) is 48.5 Å². The van der Waals surface area contributed by atoms with Gasteiger partial charge in [-0.15, -0.1) is 0 Å². The Morgan fingerprint density at radius 3 is 1.47 bits per heavy atom. The number of unbranched alkanes of at least 4 members (excludes halogenated alkanes) is 2. The second-order valence-corrected chi connectivity index (χ2v) is 24.0. The maximum Gasteiger partial charge on any atom is 0.326 e. The van der Waals surface area contributed by atoms with E-state index in [-0.39, 0.29) is 56.7 Å². The summed E-state index contributed by atoms with van der Waals surface area (Å²) < 4.78 is 0. The number of nitrogens with one attached hydrogen (secondary N) is 6. The summed E-state index contributed by atoms with van der Waals surface area (Å²) in [6.07, 6.45) is -5.06. The average Bonchev–Trinajstić information content (AvgIpc) is 1.67. The van der Waals surface area contributed by atoms with Gasteiger partial charge in [-0.2, -0.15) is 0 Å². The van der Waals surface area contributed by atoms with E-state index in [2.05, 4.69) is 31.9 Å². The van der Waals surface area contributed by atoms with Crippen molar-refractivity contribution in [3.63, 3.8) is 0 Å². The van der Waals surface area contributed by atoms with Gasteiger partial charge in [0.05, 0.1) is 37.1 Å². The van der Waals surface area contributed by atoms with Crippen molar-refractivity contribution in [2.45, 2.75) is 188 Å². The predicted octanol–water partition coefficient (Wildman–Crippen LogP) is -6.27. The fraction of sp³-hybridized carbons (Fsp3) is 0.617. The van der Waals surface area contributed by atoms with Crippen LogP contribution in [0.2, 0.25) is 0 Å². The molecule has 92 heavy (non-hydrogen) atoms. The predicted molar refractivity (Wildman–Crippen MR) is 324 cm³/mol. The van der Waals surface area contributed by atoms with Crippen LogP contribution in [-0.4, -0.2) is 262 Å². The molecule has 10 amide bonds. The molecule has 32 nitrogen and oxygen atoms in total. The van der Waals surface area contributed by atoms with Crippen molar-refractivity contribution in [2.75, 3.05) is 45.9 Å². The number of aromatic hydroxyl groups is 2. The third kappa shape index (κ3) is 19.5. The molecule has 4 saturated heterocycles. The maximum atomic E-state index is 14.9. The number of hydrogen-bond acceptors (Lipinski definition) is 21. The highest BCUT2D eigenvalue weighted by Gasteiger charge is 2.51. The minimum absolute atomic E-state index is 0.00283. The van der Waals surface area contributed by atoms with Gasteiger partial charge in [0.25, 0.3) is 0 Å². The highest BCUT2D eigenvalue weighted by molar-refractivity contribution is 6.00. The first-order chi connectivity index (χ1) is 43.7. The molecule has 4 fully saturated rings. The van der Waals surface area contributed by atoms with E-state index < -0.39 is 201 Å². The molecule has 6 rings (SSSR count). The van der Waals surface area contributed by atoms with Gasteiger partial charge in [0.15, 0.2) is 0 Å². The average molecular weight is 1300 g/mol. The molecule has 2 aromatic rings. The molecular weight excluding hydrogens is 1210 g/mol. The minimum atomic E-state index is -1.84. The second-order valence-electron chi connectivity index (χ2n) is 24.0. The number of aliphatic carboxylic acids is 1. The molecule has 0 radical (unpaired) electrons. The summed E-state index contributed by atoms with van der Waals surface area (Å²) in [7, 11) is 0. The van der Waals surface area contributed by atoms with Gasteiger partial charge in [-0.25, -0.2) is 4.79 Å². The van der Waals surface area contributed by atoms with Gasteiger partial charge in [0, 0.05) is 58.3 Å². The number of β-amino-alcohol motifs (C(OH)–C–C–N with tert-alkyl or cyclic N) is 3. The number of benzene rings is 2. The Morgan fingerprint density at radius 1 is 0.522 bits per heavy atom. The third-order valence-corrected chi connectivity index (χ3v) is 16.8. The van der Waals surface area contributed by atoms with E-state index in [0.29, 0.717) is 49.8 Å². The van der Waals surface area contributed by atoms with Crippen LogP contribution in [0.5, 0.6) is 11.5 Å². The maximum absolute atomic E-state index is 14.9. The molecule has 32 heteroatoms. The lowest BCUT2D eigenvalue weighted by molar-refractivity contribution is -0.151. The van der Waals surface area contributed by atoms with Crippen LogP contribution in [0.4, 0.5) is 0 Å². The Balaban J connectivity index is 1.18. The van der Waals surface area contributed by atoms with Gasteiger partial charge < -0.3 is 110 Å². The molecule has 15 atom stereocenters. The highest BCUT2D eigenvalue weighted by atomic mass is 16.4. The molecule has 4 heterocycles. The van der Waals surface area contributed by atoms with Crippen LogP contribution in [0.1, 0.15) is 95.6 Å². The Kier molecular flexibility index (Phi) is 26.9. The number of carboxylic acid groups (broad SMARTS) is 1. The van der Waals surface area contributed by atoms with Crippen molar-refractivity contribution >= 4 is 65.0 Å². The quantitative estimate of drug-likeness (QED) is 0.0312. The van der Waals surface area contributed by atoms with E-state index in [4.69, 9.17) is 17.2 Å². The molecule has 0 bridgehead atoms. The van der Waals surface area contributed by atoms with Crippen LogP contribution in [0, 0.1) is 0 Å². The second kappa shape index (κ2) is 34.0. The fourth-order valence-electron chi connectivity index (χ4n) is 11.8. The van der Waals surface area contributed by atoms with E-state index in [1.165, 1.54) is 60.4 Å². The van der Waals surface area contributed by atoms with Gasteiger partial charge in [0.2, 0.25) is 59.1 Å². The highest BCUT2D eigenvalue weighted by Crippen LogP contribution is 2.31. The zero-order chi connectivity index (χ0) is 67.7. The number of phenolic OH excluding ortho intramolecular Hbond substituents is 2. The number of amides is 10. The molecule has 4 aliphatic rings. The van der Waals surface area contributed by atoms with E-state index in [9.17, 15) is 93.6 Å². The van der Waals surface area contributed by atoms with Crippen LogP contribution in [0.25, 0.3) is 0 Å². The van der Waals surface area contributed by atoms with Gasteiger partial charge >= 0.3 is 5.97 Å². The lowest BCUT2D eigenvalue weighted by Crippen LogP contribution is -2.61. The Labute approximate surface area is 530 Å². The van der Waals surface area contributed by atoms with Crippen molar-refractivity contribution in [1.82, 2.24) is 51.5 Å². The number of carbonyl (C=O) groups excluding carboxylic acids is 10. The van der Waals surface area contributed by atoms with Gasteiger partial charge in [-0.1, -0.05) is 24.3 Å². The smallest absolute Gasteiger partial charge is 0.326 e. The van der Waals surface area contributed by atoms with Crippen molar-refractivity contribution < 1.29 is 93.6 Å². The van der Waals surface area contributed by atoms with Crippen molar-refractivity contribution in [3.8, 4) is 11.5 Å². The Bertz CT molecular complexity index is 2920. The molecule has 2 aromatic carbocycles. The molecule has 0 spiro atoms. The van der Waals surface area contributed by atoms with Crippen LogP contribution >= 0.6 is 0 Å². The minimum Gasteiger partial charge on any atom is -0.508 e. The van der Waals surface area contributed by atoms with E-state index in [1.54, 1.807) is 0 Å². The summed E-state index contributed by atoms with van der Waals surface area (Å²) in [6, 6.07) is -4.92. The molecular formula is C60H89N13O19. The molecule has 0 unspecified atom stereocenters. The molecule has 0 aliphatic carbocycles. The summed E-state index contributed by atoms with van der Waals surface area (Å²) in [5.74, 6) is -10.7. The molecule has 508 valence electrons. The first-order valence-corrected chi connectivity index (χ1v) is 31.0. The number of nitrogens with two attached hydrogens (primary N) is 3. The number of hydrogen-bond donors (Lipinski definition) is 17. The van der Waals surface area contributed by atoms with Crippen molar-refractivity contribution in [2.24, 2.45) is 17.2 Å². The Morgan fingerprint density at radius 2 is 0.957 bits per heavy atom. The number of carbonyl (C=O) groups is 11. The summed E-state index contributed by atoms with van der Waals surface area (Å²) in [4.78, 5) is 158. The zero-order valence-electron chi connectivity index (χ0n) is 51.5. The van der Waals surface area contributed by atoms with E-state index in [1.807, 2.05) is 0 Å². The van der Waals surface area contributed by atoms with Gasteiger partial charge in [-0.05, 0) is 114 Å². The topological polar surface area (TPSA) is 513 Å². The molecule has 0 aromatic heterocycles. The lowest BCUT2D eigenvalue weighted by Gasteiger charge is -2.35. The number of rotatable bonds is 31. The summed E-state index contributed by atoms with van der Waals surface area (Å²) in [5, 5.41) is 99.4. The number of phenols is 2. The van der Waals surface area contributed by atoms with Gasteiger partial charge in [-0.3, -0.25) is 47.9 Å². The standard InChI is InChI=1S/C60H89N13O19/c1-31(63)50(81)64-40(8-3-5-19-61)56(87)70-21-7-10-45(70)53(84)68-44(30-74)52(83)67-43(23-34-13-17-36(77)18-14-34)57(88)72-28-38(79)25-47(72)59(90)73-29-39(80)26-48(73)58(89)71-27-37(78)24-46(71)54(85)69-49(32(2)75)55(86)66-42(22-33-11-15-35(76)16-12-33)51(82)65-41(60(91)92)9-4-6-20-62/h11-18,31-32,37-49,74-80H,3-10,19-30,61-63H2,1-2H3,(H,64,81)(H,65,82)(H,66,86)(H,67,83)(H,68,84)(H,69,85)(H,91,92)/t31-,32+,37+,38+,39+,40-,41-,42-,43-,44-,45-,46-,47-,48-,49-/m0/s1. The normalized spacial score (nSPS) is 23.0. The summed E-state index contributed by atoms with van der Waals surface area (Å²) in [6.45, 7) is 0.808. The number of likely N-dealkylation sites (tertiary alicyclic amines) is 4. The van der Waals surface area contributed by atoms with E-state index >= 15 is 0 Å². The third-order valence-electron chi connectivity index (χ3n) is 16.8. The van der Waals surface area contributed by atoms with E-state index in [0.717, 1.165) is 21.6 Å². The van der Waals surface area contributed by atoms with Crippen LogP contribution < -0.4 is 49.1 Å². The largest absolute Gasteiger partial charge is 0.508 e. The summed E-state index contributed by atoms with van der Waals surface area (Å²) in [5.41, 5.74) is 17.8. The van der Waals surface area contributed by atoms with Crippen LogP contribution in [0.3, 0.4) is 0 Å².